The van der Waals surface area contributed by atoms with Gasteiger partial charge >= 0.3 is 0 Å². The van der Waals surface area contributed by atoms with E-state index < -0.39 is 0 Å². The lowest BCUT2D eigenvalue weighted by atomic mass is 9.51. The summed E-state index contributed by atoms with van der Waals surface area (Å²) in [6, 6.07) is 7.41. The zero-order chi connectivity index (χ0) is 17.6. The molecule has 1 aromatic carbocycles. The molecule has 2 heterocycles. The first-order chi connectivity index (χ1) is 12.6. The molecule has 4 nitrogen and oxygen atoms in total. The molecule has 4 heteroatoms. The van der Waals surface area contributed by atoms with Crippen molar-refractivity contribution in [2.75, 3.05) is 20.6 Å². The Hall–Kier alpha value is -2.07. The van der Waals surface area contributed by atoms with Gasteiger partial charge in [0.15, 0.2) is 0 Å². The fourth-order valence-corrected chi connectivity index (χ4v) is 5.91. The van der Waals surface area contributed by atoms with Crippen LogP contribution in [0, 0.1) is 17.8 Å². The lowest BCUT2D eigenvalue weighted by molar-refractivity contribution is -0.157. The molecule has 2 bridgehead atoms. The summed E-state index contributed by atoms with van der Waals surface area (Å²) in [4.78, 5) is 21.1. The van der Waals surface area contributed by atoms with Gasteiger partial charge in [-0.1, -0.05) is 18.2 Å². The topological polar surface area (TPSA) is 39.3 Å². The number of likely N-dealkylation sites (N-methyl/N-ethyl adjacent to an activating group) is 1. The van der Waals surface area contributed by atoms with Gasteiger partial charge < -0.3 is 9.88 Å². The van der Waals surface area contributed by atoms with E-state index in [1.807, 2.05) is 7.05 Å². The molecule has 2 unspecified atom stereocenters. The molecule has 0 spiro atoms. The van der Waals surface area contributed by atoms with Gasteiger partial charge in [-0.15, -0.1) is 0 Å². The van der Waals surface area contributed by atoms with E-state index in [1.165, 1.54) is 40.4 Å². The standard InChI is InChI=1S/C22H25N3O/c1-24-11-15(22(26)25(2)21-12-6-13(21)7-12)8-17-16-4-3-5-18-20(16)14(10-23-18)9-19(17)24/h3-5,8,10,12-13,15,19,21,23H,6-7,9,11H2,1-2H3. The molecule has 5 aliphatic rings. The lowest BCUT2D eigenvalue weighted by Crippen LogP contribution is -2.64. The molecule has 1 amide bonds. The number of amides is 1. The van der Waals surface area contributed by atoms with Crippen molar-refractivity contribution in [2.45, 2.75) is 31.3 Å². The Morgan fingerprint density at radius 1 is 1.27 bits per heavy atom. The van der Waals surface area contributed by atoms with Gasteiger partial charge in [-0.2, -0.15) is 0 Å². The molecule has 0 saturated heterocycles. The predicted octanol–water partition coefficient (Wildman–Crippen LogP) is 2.90. The summed E-state index contributed by atoms with van der Waals surface area (Å²) < 4.78 is 0. The van der Waals surface area contributed by atoms with Crippen molar-refractivity contribution < 1.29 is 4.79 Å². The van der Waals surface area contributed by atoms with E-state index in [0.717, 1.165) is 24.8 Å². The first kappa shape index (κ1) is 15.0. The summed E-state index contributed by atoms with van der Waals surface area (Å²) in [5.41, 5.74) is 5.27. The molecule has 1 N–H and O–H groups in total. The summed E-state index contributed by atoms with van der Waals surface area (Å²) in [6.45, 7) is 0.828. The van der Waals surface area contributed by atoms with Crippen LogP contribution in [0.25, 0.3) is 16.5 Å². The Kier molecular flexibility index (Phi) is 2.90. The van der Waals surface area contributed by atoms with Crippen LogP contribution in [0.5, 0.6) is 0 Å². The second kappa shape index (κ2) is 5.01. The summed E-state index contributed by atoms with van der Waals surface area (Å²) in [7, 11) is 4.21. The maximum atomic E-state index is 13.2. The molecule has 0 radical (unpaired) electrons. The summed E-state index contributed by atoms with van der Waals surface area (Å²) in [5, 5.41) is 1.35. The van der Waals surface area contributed by atoms with Gasteiger partial charge in [0.2, 0.25) is 5.91 Å². The molecule has 3 fully saturated rings. The van der Waals surface area contributed by atoms with Crippen LogP contribution in [-0.4, -0.2) is 53.4 Å². The molecule has 1 aromatic heterocycles. The number of rotatable bonds is 2. The van der Waals surface area contributed by atoms with Crippen molar-refractivity contribution in [3.63, 3.8) is 0 Å². The Labute approximate surface area is 153 Å². The van der Waals surface area contributed by atoms with E-state index in [4.69, 9.17) is 0 Å². The molecular formula is C22H25N3O. The molecular weight excluding hydrogens is 322 g/mol. The quantitative estimate of drug-likeness (QED) is 0.907. The summed E-state index contributed by atoms with van der Waals surface area (Å²) >= 11 is 0. The van der Waals surface area contributed by atoms with E-state index >= 15 is 0 Å². The monoisotopic (exact) mass is 347 g/mol. The highest BCUT2D eigenvalue weighted by Crippen LogP contribution is 2.56. The predicted molar refractivity (Wildman–Crippen MR) is 103 cm³/mol. The van der Waals surface area contributed by atoms with E-state index in [9.17, 15) is 4.79 Å². The molecule has 4 aliphatic carbocycles. The minimum absolute atomic E-state index is 0.0213. The average Bonchev–Trinajstić information content (AvgIpc) is 2.97. The van der Waals surface area contributed by atoms with Crippen LogP contribution in [0.3, 0.4) is 0 Å². The fraction of sp³-hybridized carbons (Fsp3) is 0.500. The van der Waals surface area contributed by atoms with Crippen molar-refractivity contribution in [1.82, 2.24) is 14.8 Å². The number of benzene rings is 1. The number of nitrogens with one attached hydrogen (secondary N) is 1. The number of fused-ring (bicyclic) bond motifs is 2. The number of carbonyl (C=O) groups is 1. The van der Waals surface area contributed by atoms with Gasteiger partial charge in [-0.25, -0.2) is 0 Å². The van der Waals surface area contributed by atoms with Gasteiger partial charge in [-0.05, 0) is 60.9 Å². The smallest absolute Gasteiger partial charge is 0.230 e. The Morgan fingerprint density at radius 3 is 2.81 bits per heavy atom. The summed E-state index contributed by atoms with van der Waals surface area (Å²) in [5.74, 6) is 1.85. The maximum absolute atomic E-state index is 13.2. The Morgan fingerprint density at radius 2 is 2.08 bits per heavy atom. The van der Waals surface area contributed by atoms with E-state index in [-0.39, 0.29) is 5.92 Å². The largest absolute Gasteiger partial charge is 0.361 e. The molecule has 2 atom stereocenters. The van der Waals surface area contributed by atoms with Crippen molar-refractivity contribution in [2.24, 2.45) is 17.8 Å². The lowest BCUT2D eigenvalue weighted by Gasteiger charge is -2.61. The first-order valence-electron chi connectivity index (χ1n) is 9.90. The third-order valence-corrected chi connectivity index (χ3v) is 7.56. The van der Waals surface area contributed by atoms with Gasteiger partial charge in [0.25, 0.3) is 0 Å². The minimum atomic E-state index is -0.0213. The van der Waals surface area contributed by atoms with Crippen molar-refractivity contribution >= 4 is 22.4 Å². The SMILES string of the molecule is CN1CC(C(=O)N(C)C2C3CC2C3)C=C2c3cccc4[nH]cc(c34)CC21. The van der Waals surface area contributed by atoms with Crippen molar-refractivity contribution in [3.05, 3.63) is 41.6 Å². The zero-order valence-electron chi connectivity index (χ0n) is 15.4. The average molecular weight is 347 g/mol. The van der Waals surface area contributed by atoms with Gasteiger partial charge in [-0.3, -0.25) is 9.69 Å². The van der Waals surface area contributed by atoms with E-state index in [0.29, 0.717) is 18.0 Å². The van der Waals surface area contributed by atoms with Crippen molar-refractivity contribution in [1.29, 1.82) is 0 Å². The zero-order valence-corrected chi connectivity index (χ0v) is 15.4. The van der Waals surface area contributed by atoms with Gasteiger partial charge in [0.1, 0.15) is 0 Å². The van der Waals surface area contributed by atoms with Crippen LogP contribution >= 0.6 is 0 Å². The number of nitrogens with zero attached hydrogens (tertiary/aromatic N) is 2. The minimum Gasteiger partial charge on any atom is -0.361 e. The van der Waals surface area contributed by atoms with E-state index in [2.05, 4.69) is 52.3 Å². The number of hydrogen-bond donors (Lipinski definition) is 1. The number of aromatic nitrogens is 1. The Balaban J connectivity index is 1.39. The Bertz CT molecular complexity index is 943. The number of aromatic amines is 1. The molecule has 3 saturated carbocycles. The highest BCUT2D eigenvalue weighted by atomic mass is 16.2. The van der Waals surface area contributed by atoms with Crippen molar-refractivity contribution in [3.8, 4) is 0 Å². The third kappa shape index (κ3) is 1.81. The van der Waals surface area contributed by atoms with Crippen LogP contribution in [0.4, 0.5) is 0 Å². The number of carbonyl (C=O) groups excluding carboxylic acids is 1. The molecule has 26 heavy (non-hydrogen) atoms. The normalized spacial score (nSPS) is 34.5. The van der Waals surface area contributed by atoms with Crippen LogP contribution in [0.2, 0.25) is 0 Å². The maximum Gasteiger partial charge on any atom is 0.230 e. The highest BCUT2D eigenvalue weighted by molar-refractivity contribution is 5.99. The van der Waals surface area contributed by atoms with Crippen LogP contribution in [-0.2, 0) is 11.2 Å². The fourth-order valence-electron chi connectivity index (χ4n) is 5.91. The number of H-pyrrole nitrogens is 1. The van der Waals surface area contributed by atoms with Gasteiger partial charge in [0, 0.05) is 42.8 Å². The second-order valence-corrected chi connectivity index (χ2v) is 8.86. The molecule has 134 valence electrons. The van der Waals surface area contributed by atoms with Crippen LogP contribution in [0.1, 0.15) is 24.0 Å². The summed E-state index contributed by atoms with van der Waals surface area (Å²) in [6.07, 6.45) is 8.16. The third-order valence-electron chi connectivity index (χ3n) is 7.56. The van der Waals surface area contributed by atoms with Gasteiger partial charge in [0.05, 0.1) is 5.92 Å². The van der Waals surface area contributed by atoms with E-state index in [1.54, 1.807) is 0 Å². The van der Waals surface area contributed by atoms with Crippen LogP contribution in [0.15, 0.2) is 30.5 Å². The first-order valence-corrected chi connectivity index (χ1v) is 9.90. The molecule has 1 aliphatic heterocycles. The highest BCUT2D eigenvalue weighted by Gasteiger charge is 2.55. The second-order valence-electron chi connectivity index (χ2n) is 8.86. The molecule has 2 aromatic rings. The number of hydrogen-bond acceptors (Lipinski definition) is 2. The molecule has 7 rings (SSSR count). The van der Waals surface area contributed by atoms with Crippen LogP contribution < -0.4 is 0 Å².